The van der Waals surface area contributed by atoms with Gasteiger partial charge in [0.1, 0.15) is 4.21 Å². The minimum absolute atomic E-state index is 0.126. The van der Waals surface area contributed by atoms with E-state index in [1.165, 1.54) is 28.5 Å². The van der Waals surface area contributed by atoms with Crippen molar-refractivity contribution in [3.8, 4) is 0 Å². The van der Waals surface area contributed by atoms with E-state index in [2.05, 4.69) is 0 Å². The van der Waals surface area contributed by atoms with Gasteiger partial charge in [-0.15, -0.1) is 11.3 Å². The number of hydrogen-bond acceptors (Lipinski definition) is 4. The Hall–Kier alpha value is -0.920. The van der Waals surface area contributed by atoms with Crippen molar-refractivity contribution in [3.05, 3.63) is 17.5 Å². The minimum Gasteiger partial charge on any atom is -0.342 e. The van der Waals surface area contributed by atoms with Crippen LogP contribution in [0.3, 0.4) is 0 Å². The second-order valence-corrected chi connectivity index (χ2v) is 9.42. The van der Waals surface area contributed by atoms with E-state index >= 15 is 0 Å². The SMILES string of the molecule is O=C1[C@H]2CN(S(=O)(=O)c3cccs3)C[C@H]2CN1CC1CC1. The largest absolute Gasteiger partial charge is 0.342 e. The molecule has 2 atom stereocenters. The number of hydrogen-bond donors (Lipinski definition) is 0. The zero-order chi connectivity index (χ0) is 14.6. The molecule has 1 aromatic heterocycles. The average Bonchev–Trinajstić information content (AvgIpc) is 2.90. The molecule has 5 nitrogen and oxygen atoms in total. The Balaban J connectivity index is 1.48. The fourth-order valence-corrected chi connectivity index (χ4v) is 6.08. The highest BCUT2D eigenvalue weighted by Crippen LogP contribution is 2.38. The standard InChI is InChI=1S/C14H18N2O3S2/c17-14-12-9-16(21(18,19)13-2-1-5-20-13)8-11(12)7-15(14)6-10-3-4-10/h1-2,5,10-12H,3-4,6-9H2/t11-,12+/m1/s1. The van der Waals surface area contributed by atoms with Crippen LogP contribution in [0.4, 0.5) is 0 Å². The lowest BCUT2D eigenvalue weighted by atomic mass is 10.0. The molecule has 0 spiro atoms. The van der Waals surface area contributed by atoms with Crippen molar-refractivity contribution >= 4 is 27.3 Å². The molecule has 1 amide bonds. The summed E-state index contributed by atoms with van der Waals surface area (Å²) in [4.78, 5) is 14.4. The number of fused-ring (bicyclic) bond motifs is 1. The Bertz CT molecular complexity index is 652. The van der Waals surface area contributed by atoms with E-state index < -0.39 is 10.0 Å². The number of amides is 1. The summed E-state index contributed by atoms with van der Waals surface area (Å²) in [5.41, 5.74) is 0. The first-order valence-electron chi connectivity index (χ1n) is 7.38. The fraction of sp³-hybridized carbons (Fsp3) is 0.643. The molecule has 21 heavy (non-hydrogen) atoms. The molecule has 0 radical (unpaired) electrons. The van der Waals surface area contributed by atoms with Crippen LogP contribution in [0.15, 0.2) is 21.7 Å². The number of sulfonamides is 1. The third-order valence-corrected chi connectivity index (χ3v) is 7.96. The summed E-state index contributed by atoms with van der Waals surface area (Å²) in [6.07, 6.45) is 2.47. The number of rotatable bonds is 4. The van der Waals surface area contributed by atoms with Crippen molar-refractivity contribution in [1.29, 1.82) is 0 Å². The van der Waals surface area contributed by atoms with Crippen LogP contribution >= 0.6 is 11.3 Å². The van der Waals surface area contributed by atoms with Crippen LogP contribution in [0, 0.1) is 17.8 Å². The van der Waals surface area contributed by atoms with Gasteiger partial charge in [0.05, 0.1) is 5.92 Å². The molecule has 1 aliphatic carbocycles. The maximum absolute atomic E-state index is 12.5. The van der Waals surface area contributed by atoms with E-state index in [0.717, 1.165) is 13.1 Å². The monoisotopic (exact) mass is 326 g/mol. The first-order chi connectivity index (χ1) is 10.1. The molecule has 1 saturated carbocycles. The van der Waals surface area contributed by atoms with Crippen LogP contribution in [-0.4, -0.2) is 49.7 Å². The van der Waals surface area contributed by atoms with Crippen molar-refractivity contribution < 1.29 is 13.2 Å². The van der Waals surface area contributed by atoms with Crippen molar-refractivity contribution in [1.82, 2.24) is 9.21 Å². The van der Waals surface area contributed by atoms with Gasteiger partial charge in [-0.05, 0) is 30.2 Å². The molecule has 0 bridgehead atoms. The van der Waals surface area contributed by atoms with Crippen molar-refractivity contribution in [3.63, 3.8) is 0 Å². The van der Waals surface area contributed by atoms with Crippen molar-refractivity contribution in [2.45, 2.75) is 17.1 Å². The summed E-state index contributed by atoms with van der Waals surface area (Å²) in [6, 6.07) is 3.38. The molecular formula is C14H18N2O3S2. The molecule has 0 aromatic carbocycles. The Labute approximate surface area is 128 Å². The first-order valence-corrected chi connectivity index (χ1v) is 9.70. The van der Waals surface area contributed by atoms with E-state index in [4.69, 9.17) is 0 Å². The quantitative estimate of drug-likeness (QED) is 0.836. The van der Waals surface area contributed by atoms with Gasteiger partial charge >= 0.3 is 0 Å². The highest BCUT2D eigenvalue weighted by atomic mass is 32.2. The van der Waals surface area contributed by atoms with Gasteiger partial charge in [-0.3, -0.25) is 4.79 Å². The number of nitrogens with zero attached hydrogens (tertiary/aromatic N) is 2. The van der Waals surface area contributed by atoms with Crippen LogP contribution in [0.5, 0.6) is 0 Å². The van der Waals surface area contributed by atoms with Gasteiger partial charge in [0.2, 0.25) is 5.91 Å². The van der Waals surface area contributed by atoms with Gasteiger partial charge in [0.25, 0.3) is 10.0 Å². The number of carbonyl (C=O) groups excluding carboxylic acids is 1. The van der Waals surface area contributed by atoms with E-state index in [-0.39, 0.29) is 17.7 Å². The molecule has 0 N–H and O–H groups in total. The average molecular weight is 326 g/mol. The second-order valence-electron chi connectivity index (χ2n) is 6.31. The van der Waals surface area contributed by atoms with Gasteiger partial charge in [0, 0.05) is 32.1 Å². The molecule has 2 aliphatic heterocycles. The van der Waals surface area contributed by atoms with Crippen LogP contribution in [0.2, 0.25) is 0 Å². The van der Waals surface area contributed by atoms with Gasteiger partial charge in [-0.25, -0.2) is 8.42 Å². The Morgan fingerprint density at radius 3 is 2.67 bits per heavy atom. The van der Waals surface area contributed by atoms with Crippen LogP contribution in [-0.2, 0) is 14.8 Å². The van der Waals surface area contributed by atoms with Gasteiger partial charge in [-0.1, -0.05) is 6.07 Å². The molecule has 4 rings (SSSR count). The number of likely N-dealkylation sites (tertiary alicyclic amines) is 1. The van der Waals surface area contributed by atoms with E-state index in [1.807, 2.05) is 4.90 Å². The van der Waals surface area contributed by atoms with Gasteiger partial charge in [0.15, 0.2) is 0 Å². The molecule has 1 aromatic rings. The molecule has 0 unspecified atom stereocenters. The van der Waals surface area contributed by atoms with E-state index in [0.29, 0.717) is 23.2 Å². The predicted molar refractivity (Wildman–Crippen MR) is 79.4 cm³/mol. The first kappa shape index (κ1) is 13.7. The Kier molecular flexibility index (Phi) is 3.13. The molecule has 2 saturated heterocycles. The zero-order valence-corrected chi connectivity index (χ0v) is 13.3. The summed E-state index contributed by atoms with van der Waals surface area (Å²) in [5, 5.41) is 1.77. The highest BCUT2D eigenvalue weighted by molar-refractivity contribution is 7.91. The second kappa shape index (κ2) is 4.79. The summed E-state index contributed by atoms with van der Waals surface area (Å²) >= 11 is 1.24. The summed E-state index contributed by atoms with van der Waals surface area (Å²) in [6.45, 7) is 2.45. The highest BCUT2D eigenvalue weighted by Gasteiger charge is 2.50. The van der Waals surface area contributed by atoms with E-state index in [1.54, 1.807) is 17.5 Å². The van der Waals surface area contributed by atoms with Crippen molar-refractivity contribution in [2.24, 2.45) is 17.8 Å². The minimum atomic E-state index is -3.41. The smallest absolute Gasteiger partial charge is 0.252 e. The van der Waals surface area contributed by atoms with Crippen LogP contribution < -0.4 is 0 Å². The Morgan fingerprint density at radius 1 is 1.24 bits per heavy atom. The van der Waals surface area contributed by atoms with Crippen molar-refractivity contribution in [2.75, 3.05) is 26.2 Å². The summed E-state index contributed by atoms with van der Waals surface area (Å²) in [7, 11) is -3.41. The fourth-order valence-electron chi connectivity index (χ4n) is 3.41. The van der Waals surface area contributed by atoms with Gasteiger partial charge in [-0.2, -0.15) is 4.31 Å². The summed E-state index contributed by atoms with van der Waals surface area (Å²) in [5.74, 6) is 0.902. The summed E-state index contributed by atoms with van der Waals surface area (Å²) < 4.78 is 26.9. The number of thiophene rings is 1. The molecule has 114 valence electrons. The van der Waals surface area contributed by atoms with Gasteiger partial charge < -0.3 is 4.90 Å². The lowest BCUT2D eigenvalue weighted by molar-refractivity contribution is -0.131. The maximum atomic E-state index is 12.5. The topological polar surface area (TPSA) is 57.7 Å². The molecule has 3 aliphatic rings. The third kappa shape index (κ3) is 2.31. The third-order valence-electron chi connectivity index (χ3n) is 4.76. The van der Waals surface area contributed by atoms with Crippen LogP contribution in [0.25, 0.3) is 0 Å². The normalized spacial score (nSPS) is 30.1. The lowest BCUT2D eigenvalue weighted by Crippen LogP contribution is -2.36. The molecular weight excluding hydrogens is 308 g/mol. The zero-order valence-electron chi connectivity index (χ0n) is 11.6. The maximum Gasteiger partial charge on any atom is 0.252 e. The number of carbonyl (C=O) groups is 1. The lowest BCUT2D eigenvalue weighted by Gasteiger charge is -2.21. The van der Waals surface area contributed by atoms with E-state index in [9.17, 15) is 13.2 Å². The molecule has 7 heteroatoms. The van der Waals surface area contributed by atoms with Crippen LogP contribution in [0.1, 0.15) is 12.8 Å². The Morgan fingerprint density at radius 2 is 2.05 bits per heavy atom. The predicted octanol–water partition coefficient (Wildman–Crippen LogP) is 1.24. The molecule has 3 heterocycles. The molecule has 3 fully saturated rings.